The zero-order chi connectivity index (χ0) is 23.3. The van der Waals surface area contributed by atoms with Crippen molar-refractivity contribution < 1.29 is 27.4 Å². The summed E-state index contributed by atoms with van der Waals surface area (Å²) in [6, 6.07) is 8.85. The number of aryl methyl sites for hydroxylation is 2. The lowest BCUT2D eigenvalue weighted by molar-refractivity contribution is -0.137. The summed E-state index contributed by atoms with van der Waals surface area (Å²) in [6.45, 7) is 5.61. The number of anilines is 2. The molecular formula is C22H24F3N3O3S. The second-order valence-corrected chi connectivity index (χ2v) is 7.77. The summed E-state index contributed by atoms with van der Waals surface area (Å²) in [7, 11) is 0. The van der Waals surface area contributed by atoms with Crippen molar-refractivity contribution in [1.29, 1.82) is 0 Å². The molecule has 1 aliphatic rings. The lowest BCUT2D eigenvalue weighted by Crippen LogP contribution is -2.39. The van der Waals surface area contributed by atoms with Crippen molar-refractivity contribution in [2.24, 2.45) is 0 Å². The third kappa shape index (κ3) is 6.33. The van der Waals surface area contributed by atoms with Crippen LogP contribution in [0.2, 0.25) is 0 Å². The van der Waals surface area contributed by atoms with Crippen molar-refractivity contribution in [3.05, 3.63) is 53.1 Å². The van der Waals surface area contributed by atoms with Gasteiger partial charge in [0.2, 0.25) is 0 Å². The largest absolute Gasteiger partial charge is 0.484 e. The van der Waals surface area contributed by atoms with Crippen LogP contribution in [0.5, 0.6) is 5.75 Å². The van der Waals surface area contributed by atoms with E-state index in [4.69, 9.17) is 21.7 Å². The second kappa shape index (κ2) is 10.2. The molecular weight excluding hydrogens is 443 g/mol. The number of carbonyl (C=O) groups is 1. The van der Waals surface area contributed by atoms with Crippen LogP contribution in [-0.2, 0) is 15.7 Å². The number of nitrogens with zero attached hydrogens (tertiary/aromatic N) is 1. The number of alkyl halides is 3. The Balaban J connectivity index is 1.66. The van der Waals surface area contributed by atoms with Crippen molar-refractivity contribution in [3.63, 3.8) is 0 Å². The van der Waals surface area contributed by atoms with Crippen LogP contribution in [0, 0.1) is 13.8 Å². The predicted octanol–water partition coefficient (Wildman–Crippen LogP) is 4.05. The maximum atomic E-state index is 13.2. The number of rotatable bonds is 5. The van der Waals surface area contributed by atoms with Crippen LogP contribution in [-0.4, -0.2) is 43.9 Å². The number of amides is 1. The van der Waals surface area contributed by atoms with Crippen LogP contribution in [0.3, 0.4) is 0 Å². The van der Waals surface area contributed by atoms with Gasteiger partial charge in [-0.1, -0.05) is 6.07 Å². The normalized spacial score (nSPS) is 14.1. The molecule has 1 aliphatic heterocycles. The van der Waals surface area contributed by atoms with Gasteiger partial charge in [-0.05, 0) is 67.5 Å². The van der Waals surface area contributed by atoms with Crippen molar-refractivity contribution >= 4 is 34.6 Å². The molecule has 2 aromatic carbocycles. The molecule has 0 unspecified atom stereocenters. The average molecular weight is 468 g/mol. The van der Waals surface area contributed by atoms with Crippen LogP contribution in [0.25, 0.3) is 0 Å². The average Bonchev–Trinajstić information content (AvgIpc) is 2.74. The fourth-order valence-electron chi connectivity index (χ4n) is 3.16. The Kier molecular flexibility index (Phi) is 7.57. The first kappa shape index (κ1) is 23.8. The molecule has 0 bridgehead atoms. The molecule has 0 aromatic heterocycles. The summed E-state index contributed by atoms with van der Waals surface area (Å²) in [4.78, 5) is 14.1. The van der Waals surface area contributed by atoms with Gasteiger partial charge in [-0.2, -0.15) is 13.2 Å². The van der Waals surface area contributed by atoms with E-state index in [-0.39, 0.29) is 17.4 Å². The minimum Gasteiger partial charge on any atom is -0.484 e. The molecule has 172 valence electrons. The molecule has 1 fully saturated rings. The quantitative estimate of drug-likeness (QED) is 0.647. The number of hydrogen-bond acceptors (Lipinski definition) is 5. The van der Waals surface area contributed by atoms with Gasteiger partial charge in [0.25, 0.3) is 5.91 Å². The molecule has 0 saturated carbocycles. The first-order valence-electron chi connectivity index (χ1n) is 9.98. The number of hydrogen-bond donors (Lipinski definition) is 2. The van der Waals surface area contributed by atoms with Gasteiger partial charge in [-0.3, -0.25) is 10.1 Å². The van der Waals surface area contributed by atoms with E-state index in [0.717, 1.165) is 23.3 Å². The summed E-state index contributed by atoms with van der Waals surface area (Å²) >= 11 is 5.16. The van der Waals surface area contributed by atoms with Crippen LogP contribution in [0.4, 0.5) is 24.5 Å². The van der Waals surface area contributed by atoms with Crippen molar-refractivity contribution in [1.82, 2.24) is 5.32 Å². The van der Waals surface area contributed by atoms with Crippen LogP contribution < -0.4 is 20.3 Å². The SMILES string of the molecule is Cc1ccc(OCC(=O)NC(=S)Nc2cc(C(F)(F)F)ccc2N2CCOCC2)cc1C. The Morgan fingerprint density at radius 2 is 1.84 bits per heavy atom. The van der Waals surface area contributed by atoms with E-state index in [9.17, 15) is 18.0 Å². The fraction of sp³-hybridized carbons (Fsp3) is 0.364. The third-order valence-electron chi connectivity index (χ3n) is 5.03. The van der Waals surface area contributed by atoms with E-state index in [1.54, 1.807) is 6.07 Å². The molecule has 2 aromatic rings. The number of ether oxygens (including phenoxy) is 2. The minimum atomic E-state index is -4.51. The van der Waals surface area contributed by atoms with Gasteiger partial charge in [0, 0.05) is 13.1 Å². The second-order valence-electron chi connectivity index (χ2n) is 7.37. The molecule has 1 heterocycles. The number of morpholine rings is 1. The number of carbonyl (C=O) groups excluding carboxylic acids is 1. The van der Waals surface area contributed by atoms with Crippen LogP contribution >= 0.6 is 12.2 Å². The first-order valence-corrected chi connectivity index (χ1v) is 10.4. The van der Waals surface area contributed by atoms with Crippen LogP contribution in [0.15, 0.2) is 36.4 Å². The molecule has 6 nitrogen and oxygen atoms in total. The maximum absolute atomic E-state index is 13.2. The van der Waals surface area contributed by atoms with E-state index < -0.39 is 17.6 Å². The monoisotopic (exact) mass is 467 g/mol. The molecule has 32 heavy (non-hydrogen) atoms. The number of halogens is 3. The summed E-state index contributed by atoms with van der Waals surface area (Å²) in [5.74, 6) is 0.00948. The molecule has 0 radical (unpaired) electrons. The van der Waals surface area contributed by atoms with Gasteiger partial charge in [0.05, 0.1) is 30.2 Å². The third-order valence-corrected chi connectivity index (χ3v) is 5.23. The Bertz CT molecular complexity index is 992. The number of thiocarbonyl (C=S) groups is 1. The molecule has 1 saturated heterocycles. The van der Waals surface area contributed by atoms with Gasteiger partial charge in [0.15, 0.2) is 11.7 Å². The summed E-state index contributed by atoms with van der Waals surface area (Å²) in [5, 5.41) is 5.05. The lowest BCUT2D eigenvalue weighted by atomic mass is 10.1. The highest BCUT2D eigenvalue weighted by atomic mass is 32.1. The van der Waals surface area contributed by atoms with Crippen molar-refractivity contribution in [2.45, 2.75) is 20.0 Å². The maximum Gasteiger partial charge on any atom is 0.416 e. The topological polar surface area (TPSA) is 62.8 Å². The number of benzene rings is 2. The molecule has 0 atom stereocenters. The molecule has 3 rings (SSSR count). The molecule has 0 spiro atoms. The van der Waals surface area contributed by atoms with Crippen molar-refractivity contribution in [3.8, 4) is 5.75 Å². The first-order chi connectivity index (χ1) is 15.1. The van der Waals surface area contributed by atoms with E-state index in [1.807, 2.05) is 30.9 Å². The zero-order valence-electron chi connectivity index (χ0n) is 17.7. The fourth-order valence-corrected chi connectivity index (χ4v) is 3.39. The molecule has 1 amide bonds. The smallest absolute Gasteiger partial charge is 0.416 e. The van der Waals surface area contributed by atoms with E-state index >= 15 is 0 Å². The molecule has 10 heteroatoms. The summed E-state index contributed by atoms with van der Waals surface area (Å²) < 4.78 is 50.4. The number of nitrogens with one attached hydrogen (secondary N) is 2. The summed E-state index contributed by atoms with van der Waals surface area (Å²) in [6.07, 6.45) is -4.51. The Labute approximate surface area is 189 Å². The van der Waals surface area contributed by atoms with Gasteiger partial charge >= 0.3 is 6.18 Å². The molecule has 0 aliphatic carbocycles. The highest BCUT2D eigenvalue weighted by molar-refractivity contribution is 7.80. The van der Waals surface area contributed by atoms with Crippen molar-refractivity contribution in [2.75, 3.05) is 43.1 Å². The highest BCUT2D eigenvalue weighted by Crippen LogP contribution is 2.35. The summed E-state index contributed by atoms with van der Waals surface area (Å²) in [5.41, 5.74) is 2.01. The van der Waals surface area contributed by atoms with E-state index in [1.165, 1.54) is 6.07 Å². The standard InChI is InChI=1S/C22H24F3N3O3S/c1-14-3-5-17(11-15(14)2)31-13-20(29)27-21(32)26-18-12-16(22(23,24)25)4-6-19(18)28-7-9-30-10-8-28/h3-6,11-12H,7-10,13H2,1-2H3,(H2,26,27,29,32). The van der Waals surface area contributed by atoms with E-state index in [2.05, 4.69) is 10.6 Å². The van der Waals surface area contributed by atoms with Gasteiger partial charge in [0.1, 0.15) is 5.75 Å². The minimum absolute atomic E-state index is 0.118. The van der Waals surface area contributed by atoms with Gasteiger partial charge in [-0.25, -0.2) is 0 Å². The van der Waals surface area contributed by atoms with Gasteiger partial charge < -0.3 is 19.7 Å². The Hall–Kier alpha value is -2.85. The molecule has 2 N–H and O–H groups in total. The van der Waals surface area contributed by atoms with Gasteiger partial charge in [-0.15, -0.1) is 0 Å². The van der Waals surface area contributed by atoms with Crippen LogP contribution in [0.1, 0.15) is 16.7 Å². The van der Waals surface area contributed by atoms with E-state index in [0.29, 0.717) is 37.7 Å². The Morgan fingerprint density at radius 3 is 2.50 bits per heavy atom. The Morgan fingerprint density at radius 1 is 1.12 bits per heavy atom. The highest BCUT2D eigenvalue weighted by Gasteiger charge is 2.31. The lowest BCUT2D eigenvalue weighted by Gasteiger charge is -2.31. The predicted molar refractivity (Wildman–Crippen MR) is 120 cm³/mol. The zero-order valence-corrected chi connectivity index (χ0v) is 18.5.